The lowest BCUT2D eigenvalue weighted by Gasteiger charge is -2.24. The summed E-state index contributed by atoms with van der Waals surface area (Å²) in [6, 6.07) is -1.11. The third-order valence-electron chi connectivity index (χ3n) is 3.18. The number of carbonyl (C=O) groups excluding carboxylic acids is 2. The summed E-state index contributed by atoms with van der Waals surface area (Å²) in [5.41, 5.74) is 0.695. The number of methoxy groups -OCH3 is 1. The van der Waals surface area contributed by atoms with Crippen molar-refractivity contribution in [1.29, 1.82) is 0 Å². The van der Waals surface area contributed by atoms with E-state index in [0.29, 0.717) is 10.6 Å². The molecular weight excluding hydrogens is 364 g/mol. The molecule has 21 heavy (non-hydrogen) atoms. The van der Waals surface area contributed by atoms with Gasteiger partial charge in [-0.15, -0.1) is 11.3 Å². The van der Waals surface area contributed by atoms with Gasteiger partial charge >= 0.3 is 12.1 Å². The zero-order chi connectivity index (χ0) is 15.7. The second kappa shape index (κ2) is 6.02. The zero-order valence-electron chi connectivity index (χ0n) is 11.3. The number of hydrogen-bond donors (Lipinski definition) is 2. The van der Waals surface area contributed by atoms with Crippen molar-refractivity contribution in [3.05, 3.63) is 14.9 Å². The first kappa shape index (κ1) is 15.8. The van der Waals surface area contributed by atoms with Crippen molar-refractivity contribution in [1.82, 2.24) is 4.90 Å². The van der Waals surface area contributed by atoms with Crippen LogP contribution in [0.3, 0.4) is 0 Å². The second-order valence-electron chi connectivity index (χ2n) is 4.48. The first-order chi connectivity index (χ1) is 9.85. The highest BCUT2D eigenvalue weighted by Gasteiger charge is 2.37. The van der Waals surface area contributed by atoms with E-state index >= 15 is 0 Å². The maximum atomic E-state index is 12.2. The summed E-state index contributed by atoms with van der Waals surface area (Å²) >= 11 is 4.76. The van der Waals surface area contributed by atoms with E-state index in [1.807, 2.05) is 6.92 Å². The van der Waals surface area contributed by atoms with Gasteiger partial charge < -0.3 is 15.2 Å². The number of anilines is 1. The molecule has 1 aromatic heterocycles. The molecule has 1 aromatic rings. The molecule has 1 aliphatic heterocycles. The maximum Gasteiger partial charge on any atom is 0.408 e. The standard InChI is InChI=1S/C12H13BrN2O5S/c1-5-9(13)6-4-15(12(18)19)7(3-8(16)20-2)10(17)14-11(6)21-5/h7H,3-4H2,1-2H3,(H,14,17)(H,18,19)/t7-/m0/s1. The number of aryl methyl sites for hydroxylation is 1. The molecule has 0 unspecified atom stereocenters. The largest absolute Gasteiger partial charge is 0.469 e. The molecule has 0 radical (unpaired) electrons. The van der Waals surface area contributed by atoms with Crippen LogP contribution in [-0.4, -0.2) is 41.1 Å². The van der Waals surface area contributed by atoms with Crippen LogP contribution in [0.25, 0.3) is 0 Å². The number of nitrogens with one attached hydrogen (secondary N) is 1. The fraction of sp³-hybridized carbons (Fsp3) is 0.417. The number of amides is 2. The molecule has 0 spiro atoms. The molecule has 0 aliphatic carbocycles. The molecule has 2 rings (SSSR count). The van der Waals surface area contributed by atoms with Gasteiger partial charge in [0.05, 0.1) is 20.1 Å². The minimum Gasteiger partial charge on any atom is -0.469 e. The molecule has 0 aromatic carbocycles. The van der Waals surface area contributed by atoms with Gasteiger partial charge in [0.15, 0.2) is 0 Å². The van der Waals surface area contributed by atoms with Crippen LogP contribution >= 0.6 is 27.3 Å². The van der Waals surface area contributed by atoms with Crippen molar-refractivity contribution in [2.75, 3.05) is 12.4 Å². The average Bonchev–Trinajstić information content (AvgIpc) is 2.60. The molecular formula is C12H13BrN2O5S. The Morgan fingerprint density at radius 1 is 1.57 bits per heavy atom. The Kier molecular flexibility index (Phi) is 4.52. The van der Waals surface area contributed by atoms with E-state index in [1.165, 1.54) is 18.4 Å². The highest BCUT2D eigenvalue weighted by molar-refractivity contribution is 9.10. The number of carbonyl (C=O) groups is 3. The third-order valence-corrected chi connectivity index (χ3v) is 5.58. The van der Waals surface area contributed by atoms with Crippen LogP contribution < -0.4 is 5.32 Å². The number of carboxylic acid groups (broad SMARTS) is 1. The van der Waals surface area contributed by atoms with Crippen molar-refractivity contribution in [3.8, 4) is 0 Å². The molecule has 2 heterocycles. The molecule has 1 atom stereocenters. The van der Waals surface area contributed by atoms with Crippen LogP contribution in [0, 0.1) is 6.92 Å². The number of rotatable bonds is 2. The van der Waals surface area contributed by atoms with Gasteiger partial charge in [0.2, 0.25) is 5.91 Å². The van der Waals surface area contributed by atoms with Gasteiger partial charge in [-0.1, -0.05) is 0 Å². The summed E-state index contributed by atoms with van der Waals surface area (Å²) in [6.45, 7) is 1.89. The van der Waals surface area contributed by atoms with Gasteiger partial charge in [-0.25, -0.2) is 4.79 Å². The summed E-state index contributed by atoms with van der Waals surface area (Å²) in [6.07, 6.45) is -1.58. The molecule has 1 aliphatic rings. The lowest BCUT2D eigenvalue weighted by molar-refractivity contribution is -0.143. The lowest BCUT2D eigenvalue weighted by Crippen LogP contribution is -2.46. The number of nitrogens with zero attached hydrogens (tertiary/aromatic N) is 1. The monoisotopic (exact) mass is 376 g/mol. The highest BCUT2D eigenvalue weighted by Crippen LogP contribution is 2.39. The number of halogens is 1. The Morgan fingerprint density at radius 3 is 2.81 bits per heavy atom. The molecule has 0 fully saturated rings. The van der Waals surface area contributed by atoms with Crippen LogP contribution in [-0.2, 0) is 20.9 Å². The minimum atomic E-state index is -1.26. The number of esters is 1. The quantitative estimate of drug-likeness (QED) is 0.771. The average molecular weight is 377 g/mol. The SMILES string of the molecule is COC(=O)C[C@H]1C(=O)Nc2sc(C)c(Br)c2CN1C(=O)O. The predicted molar refractivity (Wildman–Crippen MR) is 79.4 cm³/mol. The van der Waals surface area contributed by atoms with Gasteiger partial charge in [-0.2, -0.15) is 0 Å². The number of fused-ring (bicyclic) bond motifs is 1. The number of ether oxygens (including phenoxy) is 1. The lowest BCUT2D eigenvalue weighted by atomic mass is 10.1. The van der Waals surface area contributed by atoms with Crippen molar-refractivity contribution in [2.24, 2.45) is 0 Å². The van der Waals surface area contributed by atoms with Crippen LogP contribution in [0.2, 0.25) is 0 Å². The molecule has 7 nitrogen and oxygen atoms in total. The highest BCUT2D eigenvalue weighted by atomic mass is 79.9. The smallest absolute Gasteiger partial charge is 0.408 e. The fourth-order valence-electron chi connectivity index (χ4n) is 2.08. The molecule has 2 amide bonds. The fourth-order valence-corrected chi connectivity index (χ4v) is 3.73. The number of hydrogen-bond acceptors (Lipinski definition) is 5. The van der Waals surface area contributed by atoms with Crippen molar-refractivity contribution >= 4 is 50.2 Å². The second-order valence-corrected chi connectivity index (χ2v) is 6.49. The van der Waals surface area contributed by atoms with Crippen molar-refractivity contribution in [2.45, 2.75) is 25.9 Å². The summed E-state index contributed by atoms with van der Waals surface area (Å²) in [5, 5.41) is 12.6. The van der Waals surface area contributed by atoms with E-state index in [2.05, 4.69) is 26.0 Å². The molecule has 0 bridgehead atoms. The van der Waals surface area contributed by atoms with E-state index in [-0.39, 0.29) is 13.0 Å². The van der Waals surface area contributed by atoms with Crippen LogP contribution in [0.1, 0.15) is 16.9 Å². The molecule has 0 saturated carbocycles. The molecule has 114 valence electrons. The van der Waals surface area contributed by atoms with Crippen LogP contribution in [0.5, 0.6) is 0 Å². The Bertz CT molecular complexity index is 615. The summed E-state index contributed by atoms with van der Waals surface area (Å²) < 4.78 is 5.30. The zero-order valence-corrected chi connectivity index (χ0v) is 13.7. The normalized spacial score (nSPS) is 17.8. The summed E-state index contributed by atoms with van der Waals surface area (Å²) in [5.74, 6) is -1.17. The summed E-state index contributed by atoms with van der Waals surface area (Å²) in [4.78, 5) is 37.0. The van der Waals surface area contributed by atoms with Gasteiger partial charge in [-0.05, 0) is 22.9 Å². The van der Waals surface area contributed by atoms with Crippen molar-refractivity contribution in [3.63, 3.8) is 0 Å². The van der Waals surface area contributed by atoms with E-state index in [9.17, 15) is 19.5 Å². The Balaban J connectivity index is 2.40. The van der Waals surface area contributed by atoms with Crippen molar-refractivity contribution < 1.29 is 24.2 Å². The Hall–Kier alpha value is -1.61. The topological polar surface area (TPSA) is 95.9 Å². The van der Waals surface area contributed by atoms with E-state index in [1.54, 1.807) is 0 Å². The van der Waals surface area contributed by atoms with Crippen LogP contribution in [0.4, 0.5) is 9.80 Å². The minimum absolute atomic E-state index is 0.0238. The van der Waals surface area contributed by atoms with Gasteiger partial charge in [-0.3, -0.25) is 14.5 Å². The first-order valence-corrected chi connectivity index (χ1v) is 7.61. The molecule has 0 saturated heterocycles. The number of thiophene rings is 1. The van der Waals surface area contributed by atoms with Gasteiger partial charge in [0.1, 0.15) is 11.0 Å². The van der Waals surface area contributed by atoms with E-state index in [4.69, 9.17) is 0 Å². The third kappa shape index (κ3) is 3.03. The van der Waals surface area contributed by atoms with E-state index < -0.39 is 24.0 Å². The molecule has 2 N–H and O–H groups in total. The first-order valence-electron chi connectivity index (χ1n) is 6.00. The Labute approximate surface area is 133 Å². The van der Waals surface area contributed by atoms with Gasteiger partial charge in [0.25, 0.3) is 0 Å². The van der Waals surface area contributed by atoms with E-state index in [0.717, 1.165) is 14.2 Å². The van der Waals surface area contributed by atoms with Gasteiger partial charge in [0, 0.05) is 14.9 Å². The predicted octanol–water partition coefficient (Wildman–Crippen LogP) is 2.18. The van der Waals surface area contributed by atoms with Crippen LogP contribution in [0.15, 0.2) is 4.47 Å². The Morgan fingerprint density at radius 2 is 2.24 bits per heavy atom. The summed E-state index contributed by atoms with van der Waals surface area (Å²) in [7, 11) is 1.19. The molecule has 9 heteroatoms. The maximum absolute atomic E-state index is 12.2.